The van der Waals surface area contributed by atoms with Gasteiger partial charge in [0.1, 0.15) is 0 Å². The first kappa shape index (κ1) is 14.6. The molecule has 100 valence electrons. The van der Waals surface area contributed by atoms with Crippen LogP contribution >= 0.6 is 11.6 Å². The lowest BCUT2D eigenvalue weighted by Crippen LogP contribution is -2.01. The van der Waals surface area contributed by atoms with Crippen LogP contribution in [0.4, 0.5) is 0 Å². The Balaban J connectivity index is 3.00. The highest BCUT2D eigenvalue weighted by Gasteiger charge is 2.15. The van der Waals surface area contributed by atoms with E-state index in [4.69, 9.17) is 26.2 Å². The number of rotatable bonds is 6. The Morgan fingerprint density at radius 2 is 2.06 bits per heavy atom. The third kappa shape index (κ3) is 3.29. The van der Waals surface area contributed by atoms with E-state index in [2.05, 4.69) is 0 Å². The fourth-order valence-corrected chi connectivity index (χ4v) is 2.23. The molecule has 0 amide bonds. The number of hydrogen-bond acceptors (Lipinski definition) is 3. The molecule has 0 saturated heterocycles. The van der Waals surface area contributed by atoms with Crippen LogP contribution in [0.3, 0.4) is 0 Å². The molecular weight excluding hydrogens is 256 g/mol. The van der Waals surface area contributed by atoms with Crippen molar-refractivity contribution in [2.75, 3.05) is 14.2 Å². The van der Waals surface area contributed by atoms with E-state index in [0.29, 0.717) is 29.4 Å². The summed E-state index contributed by atoms with van der Waals surface area (Å²) in [5.41, 5.74) is 1.81. The minimum atomic E-state index is -0.802. The number of ether oxygens (including phenoxy) is 2. The Morgan fingerprint density at radius 1 is 1.39 bits per heavy atom. The van der Waals surface area contributed by atoms with Gasteiger partial charge >= 0.3 is 5.97 Å². The summed E-state index contributed by atoms with van der Waals surface area (Å²) in [7, 11) is 3.12. The van der Waals surface area contributed by atoms with E-state index >= 15 is 0 Å². The minimum absolute atomic E-state index is 0.129. The van der Waals surface area contributed by atoms with Crippen LogP contribution in [0, 0.1) is 6.92 Å². The number of halogens is 1. The lowest BCUT2D eigenvalue weighted by Gasteiger charge is -2.15. The summed E-state index contributed by atoms with van der Waals surface area (Å²) in [4.78, 5) is 10.5. The van der Waals surface area contributed by atoms with Gasteiger partial charge in [-0.25, -0.2) is 0 Å². The number of carboxylic acids is 1. The van der Waals surface area contributed by atoms with Crippen molar-refractivity contribution in [3.8, 4) is 11.5 Å². The Hall–Kier alpha value is -1.42. The number of carboxylic acid groups (broad SMARTS) is 1. The molecule has 0 unspecified atom stereocenters. The van der Waals surface area contributed by atoms with Gasteiger partial charge in [-0.05, 0) is 30.9 Å². The Labute approximate surface area is 111 Å². The zero-order valence-corrected chi connectivity index (χ0v) is 11.5. The zero-order chi connectivity index (χ0) is 13.7. The summed E-state index contributed by atoms with van der Waals surface area (Å²) < 4.78 is 10.5. The molecule has 1 N–H and O–H groups in total. The van der Waals surface area contributed by atoms with Gasteiger partial charge in [0.15, 0.2) is 11.5 Å². The maximum Gasteiger partial charge on any atom is 0.303 e. The summed E-state index contributed by atoms with van der Waals surface area (Å²) >= 11 is 6.17. The van der Waals surface area contributed by atoms with E-state index in [0.717, 1.165) is 11.1 Å². The smallest absolute Gasteiger partial charge is 0.303 e. The number of hydrogen-bond donors (Lipinski definition) is 1. The monoisotopic (exact) mass is 272 g/mol. The molecule has 0 radical (unpaired) electrons. The first-order valence-electron chi connectivity index (χ1n) is 5.63. The molecule has 1 aromatic carbocycles. The fraction of sp³-hybridized carbons (Fsp3) is 0.462. The van der Waals surface area contributed by atoms with Gasteiger partial charge in [-0.3, -0.25) is 4.79 Å². The summed E-state index contributed by atoms with van der Waals surface area (Å²) in [6, 6.07) is 1.70. The predicted molar refractivity (Wildman–Crippen MR) is 69.9 cm³/mol. The molecule has 1 rings (SSSR count). The molecule has 0 heterocycles. The summed E-state index contributed by atoms with van der Waals surface area (Å²) in [5, 5.41) is 9.21. The molecule has 18 heavy (non-hydrogen) atoms. The Morgan fingerprint density at radius 3 is 2.56 bits per heavy atom. The molecule has 0 aromatic heterocycles. The van der Waals surface area contributed by atoms with Crippen LogP contribution in [0.1, 0.15) is 24.0 Å². The average molecular weight is 273 g/mol. The minimum Gasteiger partial charge on any atom is -0.493 e. The third-order valence-electron chi connectivity index (χ3n) is 2.80. The molecule has 0 aliphatic rings. The van der Waals surface area contributed by atoms with Crippen LogP contribution < -0.4 is 9.47 Å². The molecule has 0 bridgehead atoms. The first-order chi connectivity index (χ1) is 8.51. The van der Waals surface area contributed by atoms with Crippen molar-refractivity contribution in [1.82, 2.24) is 0 Å². The fourth-order valence-electron chi connectivity index (χ4n) is 1.90. The van der Waals surface area contributed by atoms with Crippen LogP contribution in [-0.4, -0.2) is 25.3 Å². The highest BCUT2D eigenvalue weighted by molar-refractivity contribution is 6.31. The quantitative estimate of drug-likeness (QED) is 0.865. The summed E-state index contributed by atoms with van der Waals surface area (Å²) in [6.45, 7) is 1.89. The van der Waals surface area contributed by atoms with Gasteiger partial charge < -0.3 is 14.6 Å². The number of benzene rings is 1. The molecule has 0 saturated carbocycles. The van der Waals surface area contributed by atoms with E-state index in [1.807, 2.05) is 6.92 Å². The standard InChI is InChI=1S/C13H17ClO4/c1-8-9(5-4-6-12(15)16)10(14)7-11(17-2)13(8)18-3/h7H,4-6H2,1-3H3,(H,15,16). The van der Waals surface area contributed by atoms with Crippen molar-refractivity contribution in [2.45, 2.75) is 26.2 Å². The highest BCUT2D eigenvalue weighted by atomic mass is 35.5. The van der Waals surface area contributed by atoms with Gasteiger partial charge in [0, 0.05) is 17.5 Å². The number of aliphatic carboxylic acids is 1. The average Bonchev–Trinajstić information content (AvgIpc) is 2.32. The number of carbonyl (C=O) groups is 1. The van der Waals surface area contributed by atoms with Crippen molar-refractivity contribution in [2.24, 2.45) is 0 Å². The number of methoxy groups -OCH3 is 2. The largest absolute Gasteiger partial charge is 0.493 e. The predicted octanol–water partition coefficient (Wildman–Crippen LogP) is 3.07. The second kappa shape index (κ2) is 6.50. The van der Waals surface area contributed by atoms with Crippen LogP contribution in [0.5, 0.6) is 11.5 Å². The molecule has 0 spiro atoms. The van der Waals surface area contributed by atoms with Crippen molar-refractivity contribution in [1.29, 1.82) is 0 Å². The second-order valence-electron chi connectivity index (χ2n) is 3.94. The SMILES string of the molecule is COc1cc(Cl)c(CCCC(=O)O)c(C)c1OC. The van der Waals surface area contributed by atoms with E-state index in [-0.39, 0.29) is 6.42 Å². The zero-order valence-electron chi connectivity index (χ0n) is 10.7. The Bertz CT molecular complexity index is 443. The molecule has 0 fully saturated rings. The maximum absolute atomic E-state index is 10.5. The van der Waals surface area contributed by atoms with Crippen molar-refractivity contribution < 1.29 is 19.4 Å². The topological polar surface area (TPSA) is 55.8 Å². The maximum atomic E-state index is 10.5. The van der Waals surface area contributed by atoms with Crippen LogP contribution in [0.25, 0.3) is 0 Å². The molecule has 0 aliphatic heterocycles. The molecule has 1 aromatic rings. The van der Waals surface area contributed by atoms with Crippen molar-refractivity contribution in [3.63, 3.8) is 0 Å². The lowest BCUT2D eigenvalue weighted by molar-refractivity contribution is -0.137. The molecular formula is C13H17ClO4. The van der Waals surface area contributed by atoms with Crippen molar-refractivity contribution in [3.05, 3.63) is 22.2 Å². The van der Waals surface area contributed by atoms with E-state index < -0.39 is 5.97 Å². The molecule has 0 aliphatic carbocycles. The van der Waals surface area contributed by atoms with Crippen LogP contribution in [0.2, 0.25) is 5.02 Å². The summed E-state index contributed by atoms with van der Waals surface area (Å²) in [5.74, 6) is 0.429. The molecule has 4 nitrogen and oxygen atoms in total. The molecule has 0 atom stereocenters. The van der Waals surface area contributed by atoms with Crippen molar-refractivity contribution >= 4 is 17.6 Å². The first-order valence-corrected chi connectivity index (χ1v) is 6.00. The van der Waals surface area contributed by atoms with Gasteiger partial charge in [-0.15, -0.1) is 0 Å². The summed E-state index contributed by atoms with van der Waals surface area (Å²) in [6.07, 6.45) is 1.28. The highest BCUT2D eigenvalue weighted by Crippen LogP contribution is 2.38. The molecule has 5 heteroatoms. The van der Waals surface area contributed by atoms with Gasteiger partial charge in [-0.1, -0.05) is 11.6 Å². The Kier molecular flexibility index (Phi) is 5.28. The second-order valence-corrected chi connectivity index (χ2v) is 4.35. The van der Waals surface area contributed by atoms with E-state index in [1.165, 1.54) is 0 Å². The van der Waals surface area contributed by atoms with Crippen LogP contribution in [-0.2, 0) is 11.2 Å². The normalized spacial score (nSPS) is 10.2. The lowest BCUT2D eigenvalue weighted by atomic mass is 10.0. The van der Waals surface area contributed by atoms with Gasteiger partial charge in [-0.2, -0.15) is 0 Å². The van der Waals surface area contributed by atoms with E-state index in [1.54, 1.807) is 20.3 Å². The van der Waals surface area contributed by atoms with Crippen LogP contribution in [0.15, 0.2) is 6.07 Å². The van der Waals surface area contributed by atoms with E-state index in [9.17, 15) is 4.79 Å². The van der Waals surface area contributed by atoms with Gasteiger partial charge in [0.05, 0.1) is 14.2 Å². The van der Waals surface area contributed by atoms with Gasteiger partial charge in [0.2, 0.25) is 0 Å². The van der Waals surface area contributed by atoms with Gasteiger partial charge in [0.25, 0.3) is 0 Å². The third-order valence-corrected chi connectivity index (χ3v) is 3.14.